The van der Waals surface area contributed by atoms with Crippen molar-refractivity contribution in [1.82, 2.24) is 19.5 Å². The van der Waals surface area contributed by atoms with E-state index >= 15 is 0 Å². The molecule has 0 amide bonds. The number of aliphatic hydroxyl groups excluding tert-OH is 1. The van der Waals surface area contributed by atoms with Crippen molar-refractivity contribution < 1.29 is 42.5 Å². The Bertz CT molecular complexity index is 1070. The first-order chi connectivity index (χ1) is 17.2. The number of hydrogen-bond donors (Lipinski definition) is 2. The summed E-state index contributed by atoms with van der Waals surface area (Å²) in [6.07, 6.45) is 2.54. The van der Waals surface area contributed by atoms with Gasteiger partial charge in [0.05, 0.1) is 29.8 Å². The summed E-state index contributed by atoms with van der Waals surface area (Å²) in [6.45, 7) is 8.41. The van der Waals surface area contributed by atoms with Gasteiger partial charge < -0.3 is 29.6 Å². The first-order valence-electron chi connectivity index (χ1n) is 11.5. The number of aliphatic hydroxyl groups is 1. The molecule has 14 nitrogen and oxygen atoms in total. The highest BCUT2D eigenvalue weighted by Crippen LogP contribution is 2.48. The zero-order chi connectivity index (χ0) is 27.9. The predicted molar refractivity (Wildman–Crippen MR) is 132 cm³/mol. The lowest BCUT2D eigenvalue weighted by Gasteiger charge is -2.22. The van der Waals surface area contributed by atoms with Gasteiger partial charge in [-0.2, -0.15) is 0 Å². The number of carbonyl (C=O) groups is 2. The molecule has 0 bridgehead atoms. The van der Waals surface area contributed by atoms with Gasteiger partial charge in [-0.3, -0.25) is 23.2 Å². The third-order valence-corrected chi connectivity index (χ3v) is 6.44. The molecule has 0 aliphatic carbocycles. The first kappa shape index (κ1) is 30.6. The summed E-state index contributed by atoms with van der Waals surface area (Å²) in [5, 5.41) is 9.87. The molecule has 2 aromatic heterocycles. The van der Waals surface area contributed by atoms with E-state index < -0.39 is 56.3 Å². The Morgan fingerprint density at radius 2 is 1.59 bits per heavy atom. The summed E-state index contributed by atoms with van der Waals surface area (Å²) in [4.78, 5) is 36.2. The van der Waals surface area contributed by atoms with Crippen molar-refractivity contribution in [3.05, 3.63) is 12.7 Å². The number of ether oxygens (including phenoxy) is 3. The van der Waals surface area contributed by atoms with Gasteiger partial charge in [-0.15, -0.1) is 0 Å². The second-order valence-corrected chi connectivity index (χ2v) is 12.2. The molecule has 0 saturated heterocycles. The molecule has 0 aliphatic heterocycles. The van der Waals surface area contributed by atoms with E-state index in [9.17, 15) is 19.3 Å². The van der Waals surface area contributed by atoms with Crippen LogP contribution < -0.4 is 5.73 Å². The fourth-order valence-electron chi connectivity index (χ4n) is 2.72. The summed E-state index contributed by atoms with van der Waals surface area (Å²) in [5.41, 5.74) is 5.08. The number of hydrogen-bond acceptors (Lipinski definition) is 13. The summed E-state index contributed by atoms with van der Waals surface area (Å²) in [5.74, 6) is -0.921. The number of carbonyl (C=O) groups excluding carboxylic acids is 2. The van der Waals surface area contributed by atoms with Crippen LogP contribution in [0.15, 0.2) is 12.7 Å². The molecule has 0 aliphatic rings. The highest BCUT2D eigenvalue weighted by Gasteiger charge is 2.30. The lowest BCUT2D eigenvalue weighted by Crippen LogP contribution is -2.25. The number of imidazole rings is 1. The van der Waals surface area contributed by atoms with Gasteiger partial charge in [0.25, 0.3) is 0 Å². The Morgan fingerprint density at radius 1 is 1.03 bits per heavy atom. The Hall–Kier alpha value is -2.64. The molecule has 0 fully saturated rings. The van der Waals surface area contributed by atoms with E-state index in [0.717, 1.165) is 0 Å². The molecule has 0 spiro atoms. The van der Waals surface area contributed by atoms with Crippen molar-refractivity contribution in [1.29, 1.82) is 0 Å². The summed E-state index contributed by atoms with van der Waals surface area (Å²) in [6, 6.07) is -0.471. The van der Waals surface area contributed by atoms with Gasteiger partial charge in [0.2, 0.25) is 13.6 Å². The van der Waals surface area contributed by atoms with Crippen LogP contribution in [0.2, 0.25) is 0 Å². The lowest BCUT2D eigenvalue weighted by atomic mass is 9.98. The van der Waals surface area contributed by atoms with Gasteiger partial charge >= 0.3 is 19.5 Å². The zero-order valence-corrected chi connectivity index (χ0v) is 22.9. The quantitative estimate of drug-likeness (QED) is 0.162. The van der Waals surface area contributed by atoms with Gasteiger partial charge in [0.1, 0.15) is 18.2 Å². The minimum Gasteiger partial charge on any atom is -0.438 e. The van der Waals surface area contributed by atoms with E-state index in [1.807, 2.05) is 0 Å². The van der Waals surface area contributed by atoms with Gasteiger partial charge in [-0.05, 0) is 48.0 Å². The number of fused-ring (bicyclic) bond motifs is 1. The topological polar surface area (TPSA) is 187 Å². The normalized spacial score (nSPS) is 13.5. The smallest absolute Gasteiger partial charge is 0.361 e. The van der Waals surface area contributed by atoms with E-state index in [1.165, 1.54) is 12.7 Å². The predicted octanol–water partition coefficient (Wildman–Crippen LogP) is 2.63. The molecule has 37 heavy (non-hydrogen) atoms. The number of anilines is 1. The van der Waals surface area contributed by atoms with Crippen LogP contribution in [0, 0.1) is 10.8 Å². The van der Waals surface area contributed by atoms with Gasteiger partial charge in [0.15, 0.2) is 11.5 Å². The van der Waals surface area contributed by atoms with E-state index in [-0.39, 0.29) is 25.5 Å². The molecule has 2 aromatic rings. The van der Waals surface area contributed by atoms with Crippen LogP contribution in [-0.4, -0.2) is 69.7 Å². The second kappa shape index (κ2) is 12.7. The van der Waals surface area contributed by atoms with Crippen molar-refractivity contribution in [3.8, 4) is 0 Å². The van der Waals surface area contributed by atoms with Crippen LogP contribution in [-0.2, 0) is 37.4 Å². The van der Waals surface area contributed by atoms with Crippen molar-refractivity contribution in [2.24, 2.45) is 10.8 Å². The van der Waals surface area contributed by atoms with Crippen molar-refractivity contribution >= 4 is 36.5 Å². The molecule has 2 rings (SSSR count). The van der Waals surface area contributed by atoms with Crippen LogP contribution in [0.1, 0.15) is 54.0 Å². The maximum Gasteiger partial charge on any atom is 0.361 e. The Kier molecular flexibility index (Phi) is 10.5. The molecule has 15 heteroatoms. The van der Waals surface area contributed by atoms with Crippen LogP contribution in [0.5, 0.6) is 0 Å². The standard InChI is InChI=1S/C22H36N5O9P/c1-21(2,3)19(29)33-12-35-37(31,36-13-34-20(30)22(4,5)6)14-32-8-7-15(9-28)27-11-26-16-17(23)24-10-25-18(16)27/h10-11,15,28H,7-9,12-14H2,1-6H3,(H2,23,24,25). The number of nitrogens with zero attached hydrogens (tertiary/aromatic N) is 4. The van der Waals surface area contributed by atoms with Gasteiger partial charge in [-0.1, -0.05) is 0 Å². The molecular weight excluding hydrogens is 509 g/mol. The number of nitrogens with two attached hydrogens (primary N) is 1. The largest absolute Gasteiger partial charge is 0.438 e. The maximum atomic E-state index is 13.2. The van der Waals surface area contributed by atoms with Crippen molar-refractivity contribution in [3.63, 3.8) is 0 Å². The van der Waals surface area contributed by atoms with Gasteiger partial charge in [0, 0.05) is 6.61 Å². The fourth-order valence-corrected chi connectivity index (χ4v) is 3.72. The Morgan fingerprint density at radius 3 is 2.11 bits per heavy atom. The van der Waals surface area contributed by atoms with E-state index in [0.29, 0.717) is 11.2 Å². The number of rotatable bonds is 13. The van der Waals surface area contributed by atoms with Crippen LogP contribution in [0.3, 0.4) is 0 Å². The zero-order valence-electron chi connectivity index (χ0n) is 22.0. The second-order valence-electron chi connectivity index (χ2n) is 10.2. The maximum absolute atomic E-state index is 13.2. The highest BCUT2D eigenvalue weighted by molar-refractivity contribution is 7.53. The monoisotopic (exact) mass is 545 g/mol. The minimum atomic E-state index is -4.01. The van der Waals surface area contributed by atoms with Gasteiger partial charge in [-0.25, -0.2) is 15.0 Å². The molecule has 0 aromatic carbocycles. The van der Waals surface area contributed by atoms with Crippen molar-refractivity contribution in [2.45, 2.75) is 54.0 Å². The summed E-state index contributed by atoms with van der Waals surface area (Å²) in [7, 11) is -4.01. The van der Waals surface area contributed by atoms with Crippen LogP contribution in [0.4, 0.5) is 5.82 Å². The van der Waals surface area contributed by atoms with E-state index in [4.69, 9.17) is 29.0 Å². The Labute approximate surface area is 215 Å². The van der Waals surface area contributed by atoms with Crippen LogP contribution in [0.25, 0.3) is 11.2 Å². The number of esters is 2. The van der Waals surface area contributed by atoms with E-state index in [1.54, 1.807) is 46.1 Å². The molecule has 208 valence electrons. The molecule has 1 atom stereocenters. The summed E-state index contributed by atoms with van der Waals surface area (Å²) >= 11 is 0. The molecule has 3 N–H and O–H groups in total. The third-order valence-electron chi connectivity index (χ3n) is 4.94. The van der Waals surface area contributed by atoms with E-state index in [2.05, 4.69) is 15.0 Å². The lowest BCUT2D eigenvalue weighted by molar-refractivity contribution is -0.162. The summed E-state index contributed by atoms with van der Waals surface area (Å²) < 4.78 is 40.8. The highest BCUT2D eigenvalue weighted by atomic mass is 31.2. The third kappa shape index (κ3) is 9.00. The molecular formula is C22H36N5O9P. The Balaban J connectivity index is 1.98. The van der Waals surface area contributed by atoms with Crippen LogP contribution >= 0.6 is 7.60 Å². The SMILES string of the molecule is CC(C)(C)C(=O)OCOP(=O)(COCCC(CO)n1cnc2c(N)ncnc21)OCOC(=O)C(C)(C)C. The molecule has 0 radical (unpaired) electrons. The minimum absolute atomic E-state index is 0.0335. The average molecular weight is 546 g/mol. The van der Waals surface area contributed by atoms with Crippen molar-refractivity contribution in [2.75, 3.05) is 38.9 Å². The number of aromatic nitrogens is 4. The number of nitrogen functional groups attached to an aromatic ring is 1. The fraction of sp³-hybridized carbons (Fsp3) is 0.682. The molecule has 1 unspecified atom stereocenters. The first-order valence-corrected chi connectivity index (χ1v) is 13.2. The molecule has 0 saturated carbocycles. The molecule has 2 heterocycles. The average Bonchev–Trinajstić information content (AvgIpc) is 3.23.